The van der Waals surface area contributed by atoms with Gasteiger partial charge in [0.25, 0.3) is 0 Å². The molecule has 2 unspecified atom stereocenters. The van der Waals surface area contributed by atoms with Crippen LogP contribution in [-0.2, 0) is 9.84 Å². The van der Waals surface area contributed by atoms with Crippen LogP contribution in [0, 0.1) is 0 Å². The molecule has 2 atom stereocenters. The van der Waals surface area contributed by atoms with Gasteiger partial charge in [-0.05, 0) is 68.1 Å². The van der Waals surface area contributed by atoms with Crippen LogP contribution in [0.3, 0.4) is 0 Å². The molecule has 220 valence electrons. The summed E-state index contributed by atoms with van der Waals surface area (Å²) in [6.45, 7) is 2.42. The molecule has 42 heavy (non-hydrogen) atoms. The second-order valence-corrected chi connectivity index (χ2v) is 12.8. The van der Waals surface area contributed by atoms with Gasteiger partial charge in [0.15, 0.2) is 9.84 Å². The zero-order valence-corrected chi connectivity index (χ0v) is 24.2. The molecular formula is C29H34N8O4S. The summed E-state index contributed by atoms with van der Waals surface area (Å²) in [5, 5.41) is 28.0. The van der Waals surface area contributed by atoms with Gasteiger partial charge in [0, 0.05) is 49.9 Å². The lowest BCUT2D eigenvalue weighted by atomic mass is 10.1. The number of nitrogens with zero attached hydrogens (tertiary/aromatic N) is 7. The lowest BCUT2D eigenvalue weighted by Crippen LogP contribution is -2.38. The Hall–Kier alpha value is -4.07. The number of aromatic nitrogens is 5. The van der Waals surface area contributed by atoms with Crippen molar-refractivity contribution in [2.75, 3.05) is 47.6 Å². The van der Waals surface area contributed by atoms with E-state index in [4.69, 9.17) is 0 Å². The van der Waals surface area contributed by atoms with Gasteiger partial charge < -0.3 is 25.3 Å². The molecule has 3 N–H and O–H groups in total. The topological polar surface area (TPSA) is 150 Å². The molecule has 0 amide bonds. The number of hydrogen-bond acceptors (Lipinski definition) is 11. The van der Waals surface area contributed by atoms with Crippen molar-refractivity contribution in [3.8, 4) is 16.9 Å². The monoisotopic (exact) mass is 590 g/mol. The number of sulfone groups is 1. The number of rotatable bonds is 7. The summed E-state index contributed by atoms with van der Waals surface area (Å²) in [6, 6.07) is 14.6. The van der Waals surface area contributed by atoms with Gasteiger partial charge in [-0.2, -0.15) is 4.98 Å². The molecule has 0 bridgehead atoms. The fraction of sp³-hybridized carbons (Fsp3) is 0.379. The molecule has 2 aromatic heterocycles. The summed E-state index contributed by atoms with van der Waals surface area (Å²) >= 11 is 0. The maximum Gasteiger partial charge on any atom is 0.245 e. The van der Waals surface area contributed by atoms with Gasteiger partial charge >= 0.3 is 0 Å². The molecule has 2 aliphatic rings. The van der Waals surface area contributed by atoms with Gasteiger partial charge in [-0.15, -0.1) is 5.10 Å². The van der Waals surface area contributed by atoms with E-state index in [2.05, 4.69) is 25.4 Å². The highest BCUT2D eigenvalue weighted by Crippen LogP contribution is 2.33. The van der Waals surface area contributed by atoms with Gasteiger partial charge in [0.1, 0.15) is 6.33 Å². The zero-order chi connectivity index (χ0) is 29.3. The molecule has 4 heterocycles. The predicted octanol–water partition coefficient (Wildman–Crippen LogP) is 2.79. The Bertz CT molecular complexity index is 1660. The average Bonchev–Trinajstić information content (AvgIpc) is 3.48. The number of anilines is 4. The van der Waals surface area contributed by atoms with Gasteiger partial charge in [-0.1, -0.05) is 6.07 Å². The highest BCUT2D eigenvalue weighted by atomic mass is 32.2. The van der Waals surface area contributed by atoms with Crippen LogP contribution in [0.15, 0.2) is 66.0 Å². The average molecular weight is 591 g/mol. The number of aliphatic hydroxyl groups is 2. The fourth-order valence-corrected chi connectivity index (χ4v) is 6.36. The fourth-order valence-electron chi connectivity index (χ4n) is 5.48. The Balaban J connectivity index is 1.19. The van der Waals surface area contributed by atoms with E-state index >= 15 is 0 Å². The molecule has 2 fully saturated rings. The summed E-state index contributed by atoms with van der Waals surface area (Å²) in [4.78, 5) is 17.6. The van der Waals surface area contributed by atoms with Crippen molar-refractivity contribution in [2.45, 2.75) is 42.8 Å². The quantitative estimate of drug-likeness (QED) is 0.292. The number of β-amino-alcohol motifs (C(OH)–C–C–N with tert-alkyl or cyclic N) is 2. The van der Waals surface area contributed by atoms with Crippen molar-refractivity contribution in [1.29, 1.82) is 0 Å². The van der Waals surface area contributed by atoms with Crippen molar-refractivity contribution in [1.82, 2.24) is 24.7 Å². The molecule has 4 aromatic rings. The minimum atomic E-state index is -3.47. The lowest BCUT2D eigenvalue weighted by molar-refractivity contribution is 0.153. The first-order valence-electron chi connectivity index (χ1n) is 14.1. The number of nitrogens with one attached hydrogen (secondary N) is 1. The highest BCUT2D eigenvalue weighted by Gasteiger charge is 2.24. The number of piperidine rings is 2. The number of hydrogen-bond donors (Lipinski definition) is 3. The number of aliphatic hydroxyl groups excluding tert-OH is 2. The van der Waals surface area contributed by atoms with Crippen molar-refractivity contribution in [3.63, 3.8) is 0 Å². The van der Waals surface area contributed by atoms with Crippen molar-refractivity contribution in [3.05, 3.63) is 61.1 Å². The van der Waals surface area contributed by atoms with Crippen LogP contribution in [0.25, 0.3) is 16.9 Å². The van der Waals surface area contributed by atoms with E-state index < -0.39 is 15.9 Å². The van der Waals surface area contributed by atoms with Crippen LogP contribution >= 0.6 is 0 Å². The van der Waals surface area contributed by atoms with Crippen LogP contribution in [0.4, 0.5) is 23.3 Å². The predicted molar refractivity (Wildman–Crippen MR) is 160 cm³/mol. The van der Waals surface area contributed by atoms with E-state index in [0.717, 1.165) is 42.7 Å². The Morgan fingerprint density at radius 3 is 2.33 bits per heavy atom. The first kappa shape index (κ1) is 28.1. The molecule has 2 aliphatic heterocycles. The summed E-state index contributed by atoms with van der Waals surface area (Å²) in [5.41, 5.74) is 3.59. The molecule has 13 heteroatoms. The second kappa shape index (κ2) is 11.7. The minimum absolute atomic E-state index is 0.237. The lowest BCUT2D eigenvalue weighted by Gasteiger charge is -2.33. The maximum atomic E-state index is 12.5. The normalized spacial score (nSPS) is 19.6. The van der Waals surface area contributed by atoms with Crippen molar-refractivity contribution in [2.24, 2.45) is 0 Å². The van der Waals surface area contributed by atoms with Crippen LogP contribution in [0.5, 0.6) is 0 Å². The van der Waals surface area contributed by atoms with Gasteiger partial charge in [0.05, 0.1) is 34.2 Å². The van der Waals surface area contributed by atoms with Crippen LogP contribution in [0.2, 0.25) is 0 Å². The van der Waals surface area contributed by atoms with Gasteiger partial charge in [-0.25, -0.2) is 23.1 Å². The smallest absolute Gasteiger partial charge is 0.245 e. The van der Waals surface area contributed by atoms with E-state index in [0.29, 0.717) is 49.3 Å². The maximum absolute atomic E-state index is 12.5. The van der Waals surface area contributed by atoms with Crippen LogP contribution in [0.1, 0.15) is 25.7 Å². The summed E-state index contributed by atoms with van der Waals surface area (Å²) in [6.07, 6.45) is 6.88. The third-order valence-electron chi connectivity index (χ3n) is 7.59. The summed E-state index contributed by atoms with van der Waals surface area (Å²) in [5.74, 6) is 0.999. The van der Waals surface area contributed by atoms with Crippen molar-refractivity contribution >= 4 is 33.1 Å². The summed E-state index contributed by atoms with van der Waals surface area (Å²) < 4.78 is 26.8. The standard InChI is InChI=1S/C29H34N8O4S/c1-42(40,41)27-11-6-20(16-26(27)35-14-2-4-23(38)17-35)25-12-13-30-28(33-25)32-21-7-9-22(10-8-21)37-19-31-29(34-37)36-15-3-5-24(39)18-36/h6-13,16,19,23-24,38-39H,2-5,14-15,17-18H2,1H3,(H,30,32,33). The first-order chi connectivity index (χ1) is 20.2. The Kier molecular flexibility index (Phi) is 7.80. The van der Waals surface area contributed by atoms with Gasteiger partial charge in [-0.3, -0.25) is 0 Å². The molecule has 12 nitrogen and oxygen atoms in total. The van der Waals surface area contributed by atoms with E-state index in [1.54, 1.807) is 35.4 Å². The van der Waals surface area contributed by atoms with Gasteiger partial charge in [0.2, 0.25) is 11.9 Å². The molecule has 0 radical (unpaired) electrons. The Labute approximate surface area is 244 Å². The van der Waals surface area contributed by atoms with Crippen LogP contribution in [-0.4, -0.2) is 88.0 Å². The second-order valence-electron chi connectivity index (χ2n) is 10.9. The third kappa shape index (κ3) is 6.22. The zero-order valence-electron chi connectivity index (χ0n) is 23.3. The van der Waals surface area contributed by atoms with E-state index in [9.17, 15) is 18.6 Å². The summed E-state index contributed by atoms with van der Waals surface area (Å²) in [7, 11) is -3.47. The number of benzene rings is 2. The Morgan fingerprint density at radius 2 is 1.62 bits per heavy atom. The molecule has 0 saturated carbocycles. The first-order valence-corrected chi connectivity index (χ1v) is 15.9. The largest absolute Gasteiger partial charge is 0.391 e. The molecule has 2 saturated heterocycles. The van der Waals surface area contributed by atoms with Crippen molar-refractivity contribution < 1.29 is 18.6 Å². The molecule has 0 aliphatic carbocycles. The molecule has 6 rings (SSSR count). The van der Waals surface area contributed by atoms with Crippen LogP contribution < -0.4 is 15.1 Å². The van der Waals surface area contributed by atoms with E-state index in [1.807, 2.05) is 40.1 Å². The van der Waals surface area contributed by atoms with E-state index in [1.165, 1.54) is 6.26 Å². The third-order valence-corrected chi connectivity index (χ3v) is 8.74. The SMILES string of the molecule is CS(=O)(=O)c1ccc(-c2ccnc(Nc3ccc(-n4cnc(N5CCCC(O)C5)n4)cc3)n2)cc1N1CCCC(O)C1. The highest BCUT2D eigenvalue weighted by molar-refractivity contribution is 7.90. The molecular weight excluding hydrogens is 556 g/mol. The Morgan fingerprint density at radius 1 is 0.905 bits per heavy atom. The minimum Gasteiger partial charge on any atom is -0.391 e. The molecule has 2 aromatic carbocycles. The molecule has 0 spiro atoms. The van der Waals surface area contributed by atoms with E-state index in [-0.39, 0.29) is 11.0 Å².